The highest BCUT2D eigenvalue weighted by molar-refractivity contribution is 14.1. The predicted octanol–water partition coefficient (Wildman–Crippen LogP) is 4.35. The maximum atomic E-state index is 6.00. The molecule has 0 radical (unpaired) electrons. The Bertz CT molecular complexity index is 473. The first-order valence-electron chi connectivity index (χ1n) is 4.74. The van der Waals surface area contributed by atoms with E-state index in [2.05, 4.69) is 48.5 Å². The quantitative estimate of drug-likeness (QED) is 0.591. The molecule has 0 saturated carbocycles. The Kier molecular flexibility index (Phi) is 4.27. The van der Waals surface area contributed by atoms with Crippen LogP contribution in [-0.2, 0) is 6.42 Å². The minimum Gasteiger partial charge on any atom is -0.349 e. The average Bonchev–Trinajstić information content (AvgIpc) is 2.74. The van der Waals surface area contributed by atoms with Crippen molar-refractivity contribution in [3.05, 3.63) is 50.6 Å². The molecule has 0 aliphatic carbocycles. The zero-order chi connectivity index (χ0) is 11.5. The van der Waals surface area contributed by atoms with Gasteiger partial charge in [0.25, 0.3) is 0 Å². The maximum absolute atomic E-state index is 6.00. The smallest absolute Gasteiger partial charge is 0.107 e. The van der Waals surface area contributed by atoms with Crippen LogP contribution in [-0.4, -0.2) is 9.97 Å². The van der Waals surface area contributed by atoms with Gasteiger partial charge in [0, 0.05) is 32.2 Å². The van der Waals surface area contributed by atoms with Gasteiger partial charge in [-0.15, -0.1) is 0 Å². The molecule has 1 unspecified atom stereocenters. The van der Waals surface area contributed by atoms with Crippen LogP contribution in [0.15, 0.2) is 30.6 Å². The number of halogens is 3. The van der Waals surface area contributed by atoms with Gasteiger partial charge in [-0.25, -0.2) is 4.98 Å². The van der Waals surface area contributed by atoms with Crippen LogP contribution in [0.4, 0.5) is 0 Å². The van der Waals surface area contributed by atoms with E-state index < -0.39 is 0 Å². The minimum atomic E-state index is 0.226. The Morgan fingerprint density at radius 2 is 2.31 bits per heavy atom. The number of rotatable bonds is 3. The second-order valence-corrected chi connectivity index (χ2v) is 6.08. The molecule has 0 bridgehead atoms. The first-order valence-corrected chi connectivity index (χ1v) is 7.11. The van der Waals surface area contributed by atoms with E-state index in [0.29, 0.717) is 0 Å². The molecular weight excluding hydrogens is 402 g/mol. The number of alkyl halides is 1. The van der Waals surface area contributed by atoms with E-state index in [0.717, 1.165) is 17.3 Å². The molecule has 16 heavy (non-hydrogen) atoms. The number of benzene rings is 1. The van der Waals surface area contributed by atoms with Crippen molar-refractivity contribution < 1.29 is 0 Å². The third-order valence-electron chi connectivity index (χ3n) is 2.22. The Balaban J connectivity index is 2.20. The minimum absolute atomic E-state index is 0.226. The van der Waals surface area contributed by atoms with Gasteiger partial charge < -0.3 is 4.98 Å². The number of nitrogens with one attached hydrogen (secondary N) is 1. The van der Waals surface area contributed by atoms with E-state index >= 15 is 0 Å². The Morgan fingerprint density at radius 1 is 1.50 bits per heavy atom. The standard InChI is InChI=1S/C11H9BrClIN2/c12-9(6-11-15-3-4-16-11)8-5-7(13)1-2-10(8)14/h1-5,9H,6H2,(H,15,16). The van der Waals surface area contributed by atoms with Gasteiger partial charge in [-0.05, 0) is 46.4 Å². The van der Waals surface area contributed by atoms with Crippen molar-refractivity contribution in [2.45, 2.75) is 11.2 Å². The van der Waals surface area contributed by atoms with Gasteiger partial charge in [-0.3, -0.25) is 0 Å². The molecule has 0 amide bonds. The number of hydrogen-bond acceptors (Lipinski definition) is 1. The van der Waals surface area contributed by atoms with Crippen LogP contribution >= 0.6 is 50.1 Å². The van der Waals surface area contributed by atoms with Crippen LogP contribution < -0.4 is 0 Å². The van der Waals surface area contributed by atoms with Gasteiger partial charge in [0.1, 0.15) is 5.82 Å². The Labute approximate surface area is 121 Å². The SMILES string of the molecule is Clc1ccc(I)c(C(Br)Cc2ncc[nH]2)c1. The summed E-state index contributed by atoms with van der Waals surface area (Å²) in [5.41, 5.74) is 1.20. The van der Waals surface area contributed by atoms with Gasteiger partial charge >= 0.3 is 0 Å². The molecule has 1 aromatic carbocycles. The summed E-state index contributed by atoms with van der Waals surface area (Å²) in [7, 11) is 0. The predicted molar refractivity (Wildman–Crippen MR) is 78.1 cm³/mol. The fourth-order valence-corrected chi connectivity index (χ4v) is 3.45. The third-order valence-corrected chi connectivity index (χ3v) is 4.26. The topological polar surface area (TPSA) is 28.7 Å². The van der Waals surface area contributed by atoms with Gasteiger partial charge in [0.15, 0.2) is 0 Å². The highest BCUT2D eigenvalue weighted by Crippen LogP contribution is 2.31. The summed E-state index contributed by atoms with van der Waals surface area (Å²) < 4.78 is 1.20. The highest BCUT2D eigenvalue weighted by atomic mass is 127. The van der Waals surface area contributed by atoms with Gasteiger partial charge in [0.2, 0.25) is 0 Å². The van der Waals surface area contributed by atoms with E-state index in [1.165, 1.54) is 9.13 Å². The third kappa shape index (κ3) is 2.99. The van der Waals surface area contributed by atoms with Crippen LogP contribution in [0.25, 0.3) is 0 Å². The Hall–Kier alpha value is -0.0700. The normalized spacial score (nSPS) is 12.7. The van der Waals surface area contributed by atoms with Crippen LogP contribution in [0.2, 0.25) is 5.02 Å². The molecule has 2 rings (SSSR count). The summed E-state index contributed by atoms with van der Waals surface area (Å²) in [4.78, 5) is 7.53. The summed E-state index contributed by atoms with van der Waals surface area (Å²) in [6.07, 6.45) is 4.42. The zero-order valence-corrected chi connectivity index (χ0v) is 12.8. The maximum Gasteiger partial charge on any atom is 0.107 e. The fraction of sp³-hybridized carbons (Fsp3) is 0.182. The second-order valence-electron chi connectivity index (χ2n) is 3.37. The number of H-pyrrole nitrogens is 1. The molecule has 2 nitrogen and oxygen atoms in total. The van der Waals surface area contributed by atoms with E-state index in [4.69, 9.17) is 11.6 Å². The Morgan fingerprint density at radius 3 is 3.00 bits per heavy atom. The lowest BCUT2D eigenvalue weighted by Crippen LogP contribution is -1.99. The molecule has 1 atom stereocenters. The molecule has 1 aromatic heterocycles. The largest absolute Gasteiger partial charge is 0.349 e. The van der Waals surface area contributed by atoms with Crippen molar-refractivity contribution >= 4 is 50.1 Å². The molecular formula is C11H9BrClIN2. The number of aromatic amines is 1. The van der Waals surface area contributed by atoms with E-state index in [1.54, 1.807) is 6.20 Å². The molecule has 0 spiro atoms. The molecule has 0 aliphatic rings. The van der Waals surface area contributed by atoms with Crippen LogP contribution in [0, 0.1) is 3.57 Å². The van der Waals surface area contributed by atoms with Crippen molar-refractivity contribution in [3.63, 3.8) is 0 Å². The molecule has 0 fully saturated rings. The van der Waals surface area contributed by atoms with E-state index in [1.807, 2.05) is 24.4 Å². The van der Waals surface area contributed by atoms with Crippen molar-refractivity contribution in [2.24, 2.45) is 0 Å². The van der Waals surface area contributed by atoms with Crippen molar-refractivity contribution in [1.29, 1.82) is 0 Å². The summed E-state index contributed by atoms with van der Waals surface area (Å²) in [5.74, 6) is 0.970. The summed E-state index contributed by atoms with van der Waals surface area (Å²) in [5, 5.41) is 0.763. The summed E-state index contributed by atoms with van der Waals surface area (Å²) in [6.45, 7) is 0. The van der Waals surface area contributed by atoms with Crippen LogP contribution in [0.3, 0.4) is 0 Å². The van der Waals surface area contributed by atoms with Gasteiger partial charge in [-0.2, -0.15) is 0 Å². The zero-order valence-electron chi connectivity index (χ0n) is 8.25. The lowest BCUT2D eigenvalue weighted by molar-refractivity contribution is 0.873. The summed E-state index contributed by atoms with van der Waals surface area (Å²) >= 11 is 12.0. The first kappa shape index (κ1) is 12.4. The van der Waals surface area contributed by atoms with Crippen molar-refractivity contribution in [3.8, 4) is 0 Å². The monoisotopic (exact) mass is 410 g/mol. The first-order chi connectivity index (χ1) is 7.66. The van der Waals surface area contributed by atoms with Gasteiger partial charge in [-0.1, -0.05) is 27.5 Å². The number of nitrogens with zero attached hydrogens (tertiary/aromatic N) is 1. The molecule has 84 valence electrons. The molecule has 1 N–H and O–H groups in total. The summed E-state index contributed by atoms with van der Waals surface area (Å²) in [6, 6.07) is 5.92. The lowest BCUT2D eigenvalue weighted by atomic mass is 10.1. The molecule has 2 aromatic rings. The highest BCUT2D eigenvalue weighted by Gasteiger charge is 2.13. The molecule has 0 aliphatic heterocycles. The van der Waals surface area contributed by atoms with E-state index in [9.17, 15) is 0 Å². The van der Waals surface area contributed by atoms with E-state index in [-0.39, 0.29) is 4.83 Å². The average molecular weight is 411 g/mol. The number of hydrogen-bond donors (Lipinski definition) is 1. The lowest BCUT2D eigenvalue weighted by Gasteiger charge is -2.11. The fourth-order valence-electron chi connectivity index (χ4n) is 1.44. The van der Waals surface area contributed by atoms with Crippen LogP contribution in [0.1, 0.15) is 16.2 Å². The van der Waals surface area contributed by atoms with Crippen LogP contribution in [0.5, 0.6) is 0 Å². The second kappa shape index (κ2) is 5.51. The molecule has 1 heterocycles. The van der Waals surface area contributed by atoms with Crippen molar-refractivity contribution in [1.82, 2.24) is 9.97 Å². The van der Waals surface area contributed by atoms with Crippen molar-refractivity contribution in [2.75, 3.05) is 0 Å². The number of aromatic nitrogens is 2. The number of imidazole rings is 1. The van der Waals surface area contributed by atoms with Gasteiger partial charge in [0.05, 0.1) is 0 Å². The molecule has 5 heteroatoms. The molecule has 0 saturated heterocycles.